The van der Waals surface area contributed by atoms with Crippen LogP contribution in [0.15, 0.2) is 24.3 Å². The molecular formula is C23H28F3N3O4. The van der Waals surface area contributed by atoms with Crippen molar-refractivity contribution < 1.29 is 32.9 Å². The van der Waals surface area contributed by atoms with Crippen LogP contribution in [0.1, 0.15) is 56.5 Å². The predicted octanol–water partition coefficient (Wildman–Crippen LogP) is 4.86. The van der Waals surface area contributed by atoms with Gasteiger partial charge in [-0.15, -0.1) is 5.10 Å². The molecule has 7 nitrogen and oxygen atoms in total. The summed E-state index contributed by atoms with van der Waals surface area (Å²) in [7, 11) is 0. The summed E-state index contributed by atoms with van der Waals surface area (Å²) in [6.45, 7) is 7.87. The Morgan fingerprint density at radius 2 is 1.91 bits per heavy atom. The van der Waals surface area contributed by atoms with Crippen LogP contribution < -0.4 is 0 Å². The Hall–Kier alpha value is -2.88. The number of ether oxygens (including phenoxy) is 1. The third kappa shape index (κ3) is 5.93. The lowest BCUT2D eigenvalue weighted by molar-refractivity contribution is -0.137. The number of aryl methyl sites for hydroxylation is 1. The van der Waals surface area contributed by atoms with Crippen molar-refractivity contribution in [1.29, 1.82) is 0 Å². The average Bonchev–Trinajstić information content (AvgIpc) is 2.71. The van der Waals surface area contributed by atoms with Crippen LogP contribution in [0.3, 0.4) is 0 Å². The highest BCUT2D eigenvalue weighted by atomic mass is 19.4. The maximum Gasteiger partial charge on any atom is 0.416 e. The molecule has 2 heterocycles. The fraction of sp³-hybridized carbons (Fsp3) is 0.522. The van der Waals surface area contributed by atoms with E-state index in [1.807, 2.05) is 0 Å². The number of benzene rings is 1. The number of hydrogen-bond donors (Lipinski definition) is 2. The number of carbonyl (C=O) groups is 1. The van der Waals surface area contributed by atoms with Gasteiger partial charge in [0.1, 0.15) is 17.5 Å². The van der Waals surface area contributed by atoms with Gasteiger partial charge >= 0.3 is 12.3 Å². The summed E-state index contributed by atoms with van der Waals surface area (Å²) in [5.74, 6) is -0.832. The molecule has 0 radical (unpaired) electrons. The molecule has 0 saturated carbocycles. The van der Waals surface area contributed by atoms with E-state index in [1.165, 1.54) is 0 Å². The molecule has 2 aromatic rings. The van der Waals surface area contributed by atoms with E-state index in [9.17, 15) is 28.2 Å². The lowest BCUT2D eigenvalue weighted by atomic mass is 9.90. The molecule has 0 aliphatic carbocycles. The van der Waals surface area contributed by atoms with E-state index in [1.54, 1.807) is 38.7 Å². The Bertz CT molecular complexity index is 1020. The van der Waals surface area contributed by atoms with Crippen molar-refractivity contribution in [2.45, 2.75) is 58.4 Å². The summed E-state index contributed by atoms with van der Waals surface area (Å²) in [4.78, 5) is 14.0. The van der Waals surface area contributed by atoms with Gasteiger partial charge in [-0.1, -0.05) is 0 Å². The monoisotopic (exact) mass is 467 g/mol. The summed E-state index contributed by atoms with van der Waals surface area (Å²) in [5.41, 5.74) is -0.426. The van der Waals surface area contributed by atoms with Gasteiger partial charge < -0.3 is 19.8 Å². The van der Waals surface area contributed by atoms with Crippen LogP contribution in [-0.4, -0.2) is 50.1 Å². The standard InChI is InChI=1S/C23H28F3N3O4/c1-13-10-17(20(31)14-6-5-9-29(12-14)21(32)33-22(2,3)4)27-28-19(13)16-8-7-15(11-18(16)30)23(24,25)26/h7-8,10-11,14,20,30-31H,5-6,9,12H2,1-4H3/t14?,20-/m0/s1. The van der Waals surface area contributed by atoms with Crippen LogP contribution in [0.4, 0.5) is 18.0 Å². The minimum Gasteiger partial charge on any atom is -0.507 e. The van der Waals surface area contributed by atoms with E-state index in [0.717, 1.165) is 12.1 Å². The molecule has 0 spiro atoms. The van der Waals surface area contributed by atoms with Gasteiger partial charge in [0.15, 0.2) is 0 Å². The van der Waals surface area contributed by atoms with Gasteiger partial charge in [-0.05, 0) is 70.4 Å². The van der Waals surface area contributed by atoms with Crippen LogP contribution in [-0.2, 0) is 10.9 Å². The largest absolute Gasteiger partial charge is 0.507 e. The lowest BCUT2D eigenvalue weighted by Gasteiger charge is -2.35. The van der Waals surface area contributed by atoms with Crippen molar-refractivity contribution in [2.75, 3.05) is 13.1 Å². The number of aromatic nitrogens is 2. The van der Waals surface area contributed by atoms with Crippen LogP contribution in [0, 0.1) is 12.8 Å². The number of rotatable bonds is 3. The highest BCUT2D eigenvalue weighted by Gasteiger charge is 2.33. The second-order valence-corrected chi connectivity index (χ2v) is 9.30. The normalized spacial score (nSPS) is 18.2. The zero-order valence-corrected chi connectivity index (χ0v) is 19.0. The number of likely N-dealkylation sites (tertiary alicyclic amines) is 1. The molecule has 33 heavy (non-hydrogen) atoms. The SMILES string of the molecule is Cc1cc([C@@H](O)C2CCCN(C(=O)OC(C)(C)C)C2)nnc1-c1ccc(C(F)(F)F)cc1O. The number of phenols is 1. The number of carbonyl (C=O) groups excluding carboxylic acids is 1. The zero-order valence-electron chi connectivity index (χ0n) is 19.0. The molecule has 1 amide bonds. The van der Waals surface area contributed by atoms with Gasteiger partial charge in [0.25, 0.3) is 0 Å². The summed E-state index contributed by atoms with van der Waals surface area (Å²) < 4.78 is 44.0. The van der Waals surface area contributed by atoms with Gasteiger partial charge in [0, 0.05) is 24.6 Å². The van der Waals surface area contributed by atoms with Gasteiger partial charge in [-0.25, -0.2) is 4.79 Å². The third-order valence-corrected chi connectivity index (χ3v) is 5.44. The number of aliphatic hydroxyl groups is 1. The third-order valence-electron chi connectivity index (χ3n) is 5.44. The highest BCUT2D eigenvalue weighted by Crippen LogP contribution is 2.37. The Morgan fingerprint density at radius 1 is 1.21 bits per heavy atom. The second kappa shape index (κ2) is 9.17. The molecule has 1 fully saturated rings. The summed E-state index contributed by atoms with van der Waals surface area (Å²) >= 11 is 0. The fourth-order valence-electron chi connectivity index (χ4n) is 3.83. The molecule has 2 atom stereocenters. The van der Waals surface area contributed by atoms with E-state index >= 15 is 0 Å². The van der Waals surface area contributed by atoms with Gasteiger partial charge in [-0.2, -0.15) is 18.3 Å². The number of phenolic OH excluding ortho intramolecular Hbond substituents is 1. The number of halogens is 3. The summed E-state index contributed by atoms with van der Waals surface area (Å²) in [5, 5.41) is 29.1. The number of nitrogens with zero attached hydrogens (tertiary/aromatic N) is 3. The van der Waals surface area contributed by atoms with E-state index in [2.05, 4.69) is 10.2 Å². The first kappa shape index (κ1) is 24.8. The van der Waals surface area contributed by atoms with Crippen LogP contribution in [0.2, 0.25) is 0 Å². The number of piperidine rings is 1. The Kier molecular flexibility index (Phi) is 6.88. The number of aliphatic hydroxyl groups excluding tert-OH is 1. The van der Waals surface area contributed by atoms with Crippen molar-refractivity contribution in [3.63, 3.8) is 0 Å². The molecule has 0 bridgehead atoms. The van der Waals surface area contributed by atoms with Crippen LogP contribution in [0.5, 0.6) is 5.75 Å². The van der Waals surface area contributed by atoms with Crippen molar-refractivity contribution in [2.24, 2.45) is 5.92 Å². The number of hydrogen-bond acceptors (Lipinski definition) is 6. The minimum atomic E-state index is -4.57. The van der Waals surface area contributed by atoms with Gasteiger partial charge in [0.05, 0.1) is 17.0 Å². The summed E-state index contributed by atoms with van der Waals surface area (Å²) in [6.07, 6.45) is -4.61. The minimum absolute atomic E-state index is 0.114. The topological polar surface area (TPSA) is 95.8 Å². The first-order valence-electron chi connectivity index (χ1n) is 10.7. The maximum absolute atomic E-state index is 12.9. The van der Waals surface area contributed by atoms with Crippen molar-refractivity contribution >= 4 is 6.09 Å². The Morgan fingerprint density at radius 3 is 2.48 bits per heavy atom. The highest BCUT2D eigenvalue weighted by molar-refractivity contribution is 5.70. The second-order valence-electron chi connectivity index (χ2n) is 9.30. The van der Waals surface area contributed by atoms with Crippen molar-refractivity contribution in [3.8, 4) is 17.0 Å². The van der Waals surface area contributed by atoms with E-state index in [-0.39, 0.29) is 17.2 Å². The lowest BCUT2D eigenvalue weighted by Crippen LogP contribution is -2.44. The molecule has 10 heteroatoms. The molecule has 1 unspecified atom stereocenters. The average molecular weight is 467 g/mol. The number of aromatic hydroxyl groups is 1. The quantitative estimate of drug-likeness (QED) is 0.670. The van der Waals surface area contributed by atoms with Crippen LogP contribution >= 0.6 is 0 Å². The molecule has 1 saturated heterocycles. The van der Waals surface area contributed by atoms with Crippen molar-refractivity contribution in [1.82, 2.24) is 15.1 Å². The molecule has 1 aromatic carbocycles. The fourth-order valence-corrected chi connectivity index (χ4v) is 3.83. The first-order valence-corrected chi connectivity index (χ1v) is 10.7. The first-order chi connectivity index (χ1) is 15.3. The predicted molar refractivity (Wildman–Crippen MR) is 114 cm³/mol. The molecule has 1 aliphatic rings. The smallest absolute Gasteiger partial charge is 0.416 e. The van der Waals surface area contributed by atoms with Gasteiger partial charge in [0.2, 0.25) is 0 Å². The number of amides is 1. The maximum atomic E-state index is 12.9. The molecule has 180 valence electrons. The van der Waals surface area contributed by atoms with Gasteiger partial charge in [-0.3, -0.25) is 0 Å². The molecule has 1 aliphatic heterocycles. The molecule has 1 aromatic heterocycles. The molecular weight excluding hydrogens is 439 g/mol. The van der Waals surface area contributed by atoms with E-state index < -0.39 is 35.3 Å². The van der Waals surface area contributed by atoms with E-state index in [0.29, 0.717) is 43.3 Å². The Balaban J connectivity index is 1.77. The molecule has 2 N–H and O–H groups in total. The summed E-state index contributed by atoms with van der Waals surface area (Å²) in [6, 6.07) is 4.25. The number of alkyl halides is 3. The van der Waals surface area contributed by atoms with Crippen LogP contribution in [0.25, 0.3) is 11.3 Å². The molecule has 3 rings (SSSR count). The van der Waals surface area contributed by atoms with Crippen molar-refractivity contribution in [3.05, 3.63) is 41.1 Å². The van der Waals surface area contributed by atoms with E-state index in [4.69, 9.17) is 4.74 Å². The zero-order chi connectivity index (χ0) is 24.6. The Labute approximate surface area is 190 Å².